The minimum Gasteiger partial charge on any atom is -0.385 e. The molecule has 0 bridgehead atoms. The molecule has 1 atom stereocenters. The van der Waals surface area contributed by atoms with Gasteiger partial charge in [0.2, 0.25) is 0 Å². The van der Waals surface area contributed by atoms with Gasteiger partial charge in [-0.3, -0.25) is 0 Å². The molecule has 0 heterocycles. The van der Waals surface area contributed by atoms with Crippen LogP contribution in [-0.2, 0) is 18.4 Å². The van der Waals surface area contributed by atoms with Crippen molar-refractivity contribution in [2.75, 3.05) is 0 Å². The van der Waals surface area contributed by atoms with Crippen LogP contribution in [0.4, 0.5) is 4.39 Å². The summed E-state index contributed by atoms with van der Waals surface area (Å²) < 4.78 is 13.5. The second-order valence-corrected chi connectivity index (χ2v) is 5.44. The lowest BCUT2D eigenvalue weighted by molar-refractivity contribution is 0.0214. The summed E-state index contributed by atoms with van der Waals surface area (Å²) in [5.74, 6) is -0.284. The number of hydrogen-bond acceptors (Lipinski definition) is 1. The lowest BCUT2D eigenvalue weighted by Crippen LogP contribution is -2.34. The van der Waals surface area contributed by atoms with Crippen molar-refractivity contribution in [3.8, 4) is 0 Å². The Morgan fingerprint density at radius 2 is 1.84 bits per heavy atom. The summed E-state index contributed by atoms with van der Waals surface area (Å²) in [6, 6.07) is 12.8. The van der Waals surface area contributed by atoms with Crippen LogP contribution in [0.25, 0.3) is 0 Å². The largest absolute Gasteiger partial charge is 0.385 e. The maximum absolute atomic E-state index is 13.5. The number of benzene rings is 2. The van der Waals surface area contributed by atoms with Crippen LogP contribution in [0.1, 0.15) is 28.7 Å². The maximum Gasteiger partial charge on any atom is 0.123 e. The molecule has 2 aromatic carbocycles. The van der Waals surface area contributed by atoms with Crippen molar-refractivity contribution in [3.05, 3.63) is 70.5 Å². The van der Waals surface area contributed by atoms with Gasteiger partial charge >= 0.3 is 0 Å². The van der Waals surface area contributed by atoms with Crippen molar-refractivity contribution in [1.29, 1.82) is 0 Å². The zero-order chi connectivity index (χ0) is 13.5. The molecule has 1 aliphatic carbocycles. The van der Waals surface area contributed by atoms with Gasteiger partial charge in [0.15, 0.2) is 0 Å². The number of aryl methyl sites for hydroxylation is 2. The van der Waals surface area contributed by atoms with Crippen LogP contribution in [-0.4, -0.2) is 5.11 Å². The number of aliphatic hydroxyl groups is 1. The normalized spacial score (nSPS) is 22.1. The summed E-state index contributed by atoms with van der Waals surface area (Å²) in [4.78, 5) is 0. The minimum absolute atomic E-state index is 0.284. The first-order chi connectivity index (χ1) is 9.08. The van der Waals surface area contributed by atoms with E-state index in [1.165, 1.54) is 23.3 Å². The van der Waals surface area contributed by atoms with Gasteiger partial charge in [0.25, 0.3) is 0 Å². The molecule has 2 heteroatoms. The Kier molecular flexibility index (Phi) is 2.90. The highest BCUT2D eigenvalue weighted by Crippen LogP contribution is 2.37. The van der Waals surface area contributed by atoms with Crippen molar-refractivity contribution in [1.82, 2.24) is 0 Å². The lowest BCUT2D eigenvalue weighted by Gasteiger charge is -2.35. The Labute approximate surface area is 112 Å². The van der Waals surface area contributed by atoms with E-state index in [1.807, 2.05) is 25.1 Å². The highest BCUT2D eigenvalue weighted by molar-refractivity contribution is 5.38. The van der Waals surface area contributed by atoms with E-state index < -0.39 is 5.60 Å². The summed E-state index contributed by atoms with van der Waals surface area (Å²) in [6.07, 6.45) is 2.05. The van der Waals surface area contributed by atoms with Crippen LogP contribution < -0.4 is 0 Å². The third kappa shape index (κ3) is 2.17. The van der Waals surface area contributed by atoms with Crippen LogP contribution in [0.3, 0.4) is 0 Å². The third-order valence-electron chi connectivity index (χ3n) is 4.11. The molecular weight excluding hydrogens is 239 g/mol. The molecule has 0 amide bonds. The molecule has 2 aromatic rings. The number of rotatable bonds is 1. The molecule has 0 aliphatic heterocycles. The van der Waals surface area contributed by atoms with Gasteiger partial charge in [-0.1, -0.05) is 30.3 Å². The third-order valence-corrected chi connectivity index (χ3v) is 4.11. The fourth-order valence-corrected chi connectivity index (χ4v) is 3.04. The van der Waals surface area contributed by atoms with Crippen LogP contribution in [0.2, 0.25) is 0 Å². The first-order valence-electron chi connectivity index (χ1n) is 6.64. The highest BCUT2D eigenvalue weighted by Gasteiger charge is 2.34. The summed E-state index contributed by atoms with van der Waals surface area (Å²) in [5, 5.41) is 10.9. The summed E-state index contributed by atoms with van der Waals surface area (Å²) in [5.41, 5.74) is 3.19. The number of hydrogen-bond donors (Lipinski definition) is 1. The van der Waals surface area contributed by atoms with Gasteiger partial charge in [0.05, 0.1) is 5.60 Å². The Morgan fingerprint density at radius 3 is 2.63 bits per heavy atom. The monoisotopic (exact) mass is 256 g/mol. The van der Waals surface area contributed by atoms with E-state index in [9.17, 15) is 9.50 Å². The standard InChI is InChI=1S/C17H17FO/c1-12-6-7-15(18)10-16(12)17(19)9-8-13-4-2-3-5-14(13)11-17/h2-7,10,19H,8-9,11H2,1H3. The van der Waals surface area contributed by atoms with Gasteiger partial charge in [-0.2, -0.15) is 0 Å². The van der Waals surface area contributed by atoms with Crippen molar-refractivity contribution in [2.24, 2.45) is 0 Å². The molecule has 0 spiro atoms. The molecular formula is C17H17FO. The van der Waals surface area contributed by atoms with Gasteiger partial charge in [-0.15, -0.1) is 0 Å². The van der Waals surface area contributed by atoms with E-state index in [0.29, 0.717) is 12.8 Å². The van der Waals surface area contributed by atoms with Gasteiger partial charge in [-0.25, -0.2) is 4.39 Å². The average Bonchev–Trinajstić information content (AvgIpc) is 2.41. The molecule has 1 aliphatic rings. The highest BCUT2D eigenvalue weighted by atomic mass is 19.1. The van der Waals surface area contributed by atoms with Gasteiger partial charge in [0.1, 0.15) is 5.82 Å². The second-order valence-electron chi connectivity index (χ2n) is 5.44. The van der Waals surface area contributed by atoms with E-state index in [1.54, 1.807) is 6.07 Å². The van der Waals surface area contributed by atoms with Crippen molar-refractivity contribution in [2.45, 2.75) is 31.8 Å². The van der Waals surface area contributed by atoms with Gasteiger partial charge in [-0.05, 0) is 54.2 Å². The van der Waals surface area contributed by atoms with Crippen molar-refractivity contribution < 1.29 is 9.50 Å². The van der Waals surface area contributed by atoms with Crippen LogP contribution >= 0.6 is 0 Å². The molecule has 0 fully saturated rings. The van der Waals surface area contributed by atoms with Crippen LogP contribution in [0, 0.1) is 12.7 Å². The van der Waals surface area contributed by atoms with Crippen LogP contribution in [0.15, 0.2) is 42.5 Å². The lowest BCUT2D eigenvalue weighted by atomic mass is 9.75. The smallest absolute Gasteiger partial charge is 0.123 e. The molecule has 1 nitrogen and oxygen atoms in total. The number of halogens is 1. The Bertz CT molecular complexity index is 620. The maximum atomic E-state index is 13.5. The first kappa shape index (κ1) is 12.4. The minimum atomic E-state index is -0.944. The molecule has 0 aromatic heterocycles. The van der Waals surface area contributed by atoms with Gasteiger partial charge in [0, 0.05) is 6.42 Å². The number of fused-ring (bicyclic) bond motifs is 1. The Balaban J connectivity index is 2.04. The van der Waals surface area contributed by atoms with Gasteiger partial charge < -0.3 is 5.11 Å². The Hall–Kier alpha value is -1.67. The molecule has 0 radical (unpaired) electrons. The zero-order valence-electron chi connectivity index (χ0n) is 11.0. The molecule has 0 saturated heterocycles. The average molecular weight is 256 g/mol. The van der Waals surface area contributed by atoms with E-state index in [-0.39, 0.29) is 5.82 Å². The summed E-state index contributed by atoms with van der Waals surface area (Å²) >= 11 is 0. The molecule has 0 saturated carbocycles. The molecule has 1 N–H and O–H groups in total. The molecule has 19 heavy (non-hydrogen) atoms. The Morgan fingerprint density at radius 1 is 1.11 bits per heavy atom. The summed E-state index contributed by atoms with van der Waals surface area (Å²) in [7, 11) is 0. The van der Waals surface area contributed by atoms with Crippen LogP contribution in [0.5, 0.6) is 0 Å². The predicted molar refractivity (Wildman–Crippen MR) is 73.5 cm³/mol. The molecule has 1 unspecified atom stereocenters. The second kappa shape index (κ2) is 4.46. The van der Waals surface area contributed by atoms with E-state index in [4.69, 9.17) is 0 Å². The quantitative estimate of drug-likeness (QED) is 0.827. The fourth-order valence-electron chi connectivity index (χ4n) is 3.04. The molecule has 3 rings (SSSR count). The van der Waals surface area contributed by atoms with Crippen molar-refractivity contribution in [3.63, 3.8) is 0 Å². The topological polar surface area (TPSA) is 20.2 Å². The van der Waals surface area contributed by atoms with E-state index >= 15 is 0 Å². The molecule has 98 valence electrons. The van der Waals surface area contributed by atoms with E-state index in [0.717, 1.165) is 17.5 Å². The SMILES string of the molecule is Cc1ccc(F)cc1C1(O)CCc2ccccc2C1. The summed E-state index contributed by atoms with van der Waals surface area (Å²) in [6.45, 7) is 1.92. The first-order valence-corrected chi connectivity index (χ1v) is 6.64. The fraction of sp³-hybridized carbons (Fsp3) is 0.294. The van der Waals surface area contributed by atoms with Crippen molar-refractivity contribution >= 4 is 0 Å². The predicted octanol–water partition coefficient (Wildman–Crippen LogP) is 3.51. The zero-order valence-corrected chi connectivity index (χ0v) is 11.0. The van der Waals surface area contributed by atoms with E-state index in [2.05, 4.69) is 6.07 Å².